The summed E-state index contributed by atoms with van der Waals surface area (Å²) >= 11 is 0. The number of rotatable bonds is 5. The van der Waals surface area contributed by atoms with Gasteiger partial charge in [0.05, 0.1) is 11.0 Å². The van der Waals surface area contributed by atoms with Gasteiger partial charge in [0.2, 0.25) is 0 Å². The Hall–Kier alpha value is -7.43. The number of aromatic nitrogens is 2. The van der Waals surface area contributed by atoms with Crippen LogP contribution in [0.4, 0.5) is 17.1 Å². The Kier molecular flexibility index (Phi) is 6.94. The second kappa shape index (κ2) is 12.3. The van der Waals surface area contributed by atoms with Crippen LogP contribution in [0, 0.1) is 0 Å². The molecule has 0 aliphatic heterocycles. The molecule has 0 spiro atoms. The number of nitrogens with zero attached hydrogens (tertiary/aromatic N) is 3. The van der Waals surface area contributed by atoms with Gasteiger partial charge in [0, 0.05) is 44.5 Å². The number of furan rings is 1. The van der Waals surface area contributed by atoms with Gasteiger partial charge >= 0.3 is 0 Å². The molecule has 12 rings (SSSR count). The Morgan fingerprint density at radius 3 is 1.93 bits per heavy atom. The minimum Gasteiger partial charge on any atom is -0.456 e. The molecule has 0 amide bonds. The molecule has 0 bridgehead atoms. The minimum absolute atomic E-state index is 0.188. The van der Waals surface area contributed by atoms with Gasteiger partial charge in [-0.2, -0.15) is 0 Å². The zero-order valence-electron chi connectivity index (χ0n) is 32.1. The highest BCUT2D eigenvalue weighted by molar-refractivity contribution is 6.12. The van der Waals surface area contributed by atoms with E-state index in [9.17, 15) is 0 Å². The van der Waals surface area contributed by atoms with Gasteiger partial charge < -0.3 is 9.32 Å². The van der Waals surface area contributed by atoms with E-state index in [1.807, 2.05) is 12.1 Å². The minimum atomic E-state index is -0.188. The normalized spacial score (nSPS) is 13.1. The summed E-state index contributed by atoms with van der Waals surface area (Å²) in [5.74, 6) is 0.950. The Balaban J connectivity index is 1.03. The van der Waals surface area contributed by atoms with Crippen LogP contribution in [0.5, 0.6) is 0 Å². The summed E-state index contributed by atoms with van der Waals surface area (Å²) in [6.07, 6.45) is 0. The molecule has 0 radical (unpaired) electrons. The molecule has 2 aromatic heterocycles. The van der Waals surface area contributed by atoms with Gasteiger partial charge in [-0.3, -0.25) is 4.57 Å². The molecule has 11 aromatic rings. The van der Waals surface area contributed by atoms with Crippen LogP contribution < -0.4 is 4.90 Å². The lowest BCUT2D eigenvalue weighted by atomic mass is 9.81. The number of anilines is 3. The van der Waals surface area contributed by atoms with Crippen molar-refractivity contribution in [1.82, 2.24) is 9.55 Å². The van der Waals surface area contributed by atoms with Gasteiger partial charge in [-0.15, -0.1) is 0 Å². The third-order valence-electron chi connectivity index (χ3n) is 12.3. The van der Waals surface area contributed by atoms with E-state index in [1.165, 1.54) is 43.8 Å². The number of imidazole rings is 1. The molecule has 58 heavy (non-hydrogen) atoms. The first-order valence-corrected chi connectivity index (χ1v) is 20.0. The van der Waals surface area contributed by atoms with Crippen molar-refractivity contribution in [3.8, 4) is 28.2 Å². The highest BCUT2D eigenvalue weighted by atomic mass is 16.3. The smallest absolute Gasteiger partial charge is 0.145 e. The lowest BCUT2D eigenvalue weighted by Gasteiger charge is -2.26. The fourth-order valence-corrected chi connectivity index (χ4v) is 9.48. The second-order valence-electron chi connectivity index (χ2n) is 16.0. The molecular formula is C54H37N3O. The number of hydrogen-bond donors (Lipinski definition) is 0. The molecule has 0 unspecified atom stereocenters. The first kappa shape index (κ1) is 32.8. The Labute approximate surface area is 335 Å². The van der Waals surface area contributed by atoms with E-state index >= 15 is 0 Å². The zero-order chi connectivity index (χ0) is 38.5. The molecule has 1 aliphatic rings. The summed E-state index contributed by atoms with van der Waals surface area (Å²) in [7, 11) is 0. The van der Waals surface area contributed by atoms with Crippen molar-refractivity contribution in [1.29, 1.82) is 0 Å². The number of para-hydroxylation sites is 3. The zero-order valence-corrected chi connectivity index (χ0v) is 32.1. The van der Waals surface area contributed by atoms with Gasteiger partial charge in [-0.05, 0) is 129 Å². The molecule has 0 fully saturated rings. The molecule has 1 aliphatic carbocycles. The third kappa shape index (κ3) is 4.85. The maximum atomic E-state index is 6.21. The topological polar surface area (TPSA) is 34.2 Å². The van der Waals surface area contributed by atoms with Gasteiger partial charge in [0.15, 0.2) is 0 Å². The van der Waals surface area contributed by atoms with Crippen LogP contribution in [-0.4, -0.2) is 9.55 Å². The number of hydrogen-bond acceptors (Lipinski definition) is 3. The highest BCUT2D eigenvalue weighted by Crippen LogP contribution is 2.52. The monoisotopic (exact) mass is 743 g/mol. The highest BCUT2D eigenvalue weighted by Gasteiger charge is 2.37. The second-order valence-corrected chi connectivity index (χ2v) is 16.0. The van der Waals surface area contributed by atoms with Gasteiger partial charge in [-0.25, -0.2) is 4.98 Å². The molecule has 4 nitrogen and oxygen atoms in total. The van der Waals surface area contributed by atoms with E-state index in [4.69, 9.17) is 9.40 Å². The van der Waals surface area contributed by atoms with E-state index in [2.05, 4.69) is 199 Å². The van der Waals surface area contributed by atoms with Crippen molar-refractivity contribution in [3.63, 3.8) is 0 Å². The number of benzene rings is 9. The van der Waals surface area contributed by atoms with Crippen molar-refractivity contribution in [2.24, 2.45) is 0 Å². The molecular weight excluding hydrogens is 707 g/mol. The Morgan fingerprint density at radius 1 is 0.483 bits per heavy atom. The summed E-state index contributed by atoms with van der Waals surface area (Å²) in [5.41, 5.74) is 14.4. The fraction of sp³-hybridized carbons (Fsp3) is 0.0556. The van der Waals surface area contributed by atoms with Crippen LogP contribution in [0.15, 0.2) is 192 Å². The summed E-state index contributed by atoms with van der Waals surface area (Å²) in [6, 6.07) is 67.6. The molecule has 4 heteroatoms. The van der Waals surface area contributed by atoms with E-state index in [0.717, 1.165) is 67.1 Å². The van der Waals surface area contributed by atoms with Crippen LogP contribution in [-0.2, 0) is 5.41 Å². The van der Waals surface area contributed by atoms with Crippen LogP contribution in [0.2, 0.25) is 0 Å². The Morgan fingerprint density at radius 2 is 1.12 bits per heavy atom. The molecule has 0 saturated heterocycles. The van der Waals surface area contributed by atoms with Crippen molar-refractivity contribution in [2.75, 3.05) is 4.90 Å². The van der Waals surface area contributed by atoms with Gasteiger partial charge in [0.25, 0.3) is 0 Å². The summed E-state index contributed by atoms with van der Waals surface area (Å²) in [4.78, 5) is 7.65. The SMILES string of the molecule is CC1(C)c2cc3ccc4cc(N(c5ccccc5)c5ccc6oc7ccccc7c6c5)ccc4c3cc2-c2cc3c(cc21)nc(-c1ccccc1)n3-c1ccccc1. The summed E-state index contributed by atoms with van der Waals surface area (Å²) < 4.78 is 8.53. The quantitative estimate of drug-likeness (QED) is 0.165. The van der Waals surface area contributed by atoms with E-state index in [1.54, 1.807) is 0 Å². The summed E-state index contributed by atoms with van der Waals surface area (Å²) in [6.45, 7) is 4.72. The van der Waals surface area contributed by atoms with Crippen LogP contribution in [0.1, 0.15) is 25.0 Å². The molecule has 9 aromatic carbocycles. The van der Waals surface area contributed by atoms with E-state index in [-0.39, 0.29) is 5.41 Å². The first-order valence-electron chi connectivity index (χ1n) is 20.0. The van der Waals surface area contributed by atoms with E-state index < -0.39 is 0 Å². The molecule has 2 heterocycles. The maximum Gasteiger partial charge on any atom is 0.145 e. The average molecular weight is 744 g/mol. The molecule has 0 atom stereocenters. The molecule has 274 valence electrons. The lowest BCUT2D eigenvalue weighted by molar-refractivity contribution is 0.662. The van der Waals surface area contributed by atoms with Crippen molar-refractivity contribution in [2.45, 2.75) is 19.3 Å². The largest absolute Gasteiger partial charge is 0.456 e. The van der Waals surface area contributed by atoms with Crippen LogP contribution in [0.25, 0.3) is 82.7 Å². The molecule has 0 saturated carbocycles. The van der Waals surface area contributed by atoms with Crippen LogP contribution in [0.3, 0.4) is 0 Å². The van der Waals surface area contributed by atoms with E-state index in [0.29, 0.717) is 0 Å². The van der Waals surface area contributed by atoms with Gasteiger partial charge in [0.1, 0.15) is 17.0 Å². The maximum absolute atomic E-state index is 6.21. The predicted molar refractivity (Wildman–Crippen MR) is 241 cm³/mol. The van der Waals surface area contributed by atoms with Crippen LogP contribution >= 0.6 is 0 Å². The average Bonchev–Trinajstić information content (AvgIpc) is 3.90. The van der Waals surface area contributed by atoms with Gasteiger partial charge in [-0.1, -0.05) is 117 Å². The predicted octanol–water partition coefficient (Wildman–Crippen LogP) is 14.7. The van der Waals surface area contributed by atoms with Crippen molar-refractivity contribution < 1.29 is 4.42 Å². The standard InChI is InChI=1S/C54H37N3O/c1-54(2)47-29-36-23-22-35-28-39(56(37-16-8-4-9-17-37)40-25-27-52-46(30-40)42-20-12-13-21-51(42)58-52)24-26-41(35)43(36)31-44(47)45-32-50-49(33-48(45)54)55-53(34-14-6-3-7-15-34)57(50)38-18-10-5-11-19-38/h3-33H,1-2H3. The fourth-order valence-electron chi connectivity index (χ4n) is 9.48. The summed E-state index contributed by atoms with van der Waals surface area (Å²) in [5, 5.41) is 7.17. The Bertz CT molecular complexity index is 3420. The third-order valence-corrected chi connectivity index (χ3v) is 12.3. The van der Waals surface area contributed by atoms with Crippen molar-refractivity contribution >= 4 is 71.6 Å². The molecule has 0 N–H and O–H groups in total. The first-order chi connectivity index (χ1) is 28.5. The lowest BCUT2D eigenvalue weighted by Crippen LogP contribution is -2.15. The number of fused-ring (bicyclic) bond motifs is 10. The van der Waals surface area contributed by atoms with Crippen molar-refractivity contribution in [3.05, 3.63) is 199 Å².